The molecule has 0 spiro atoms. The molecule has 1 aromatic rings. The third-order valence-electron chi connectivity index (χ3n) is 5.03. The highest BCUT2D eigenvalue weighted by Crippen LogP contribution is 2.29. The maximum Gasteiger partial charge on any atom is 0.237 e. The van der Waals surface area contributed by atoms with Gasteiger partial charge < -0.3 is 4.90 Å². The van der Waals surface area contributed by atoms with Crippen molar-refractivity contribution in [2.24, 2.45) is 0 Å². The van der Waals surface area contributed by atoms with Crippen LogP contribution in [0.4, 0.5) is 0 Å². The summed E-state index contributed by atoms with van der Waals surface area (Å²) in [4.78, 5) is 17.0. The predicted molar refractivity (Wildman–Crippen MR) is 102 cm³/mol. The summed E-state index contributed by atoms with van der Waals surface area (Å²) in [7, 11) is -3.21. The molecule has 1 saturated heterocycles. The summed E-state index contributed by atoms with van der Waals surface area (Å²) in [6.07, 6.45) is 5.08. The number of likely N-dealkylation sites (tertiary alicyclic amines) is 1. The number of aryl methyl sites for hydroxylation is 1. The molecule has 1 amide bonds. The van der Waals surface area contributed by atoms with Gasteiger partial charge in [0.25, 0.3) is 0 Å². The molecular weight excluding hydrogens is 350 g/mol. The normalized spacial score (nSPS) is 21.5. The Hall–Kier alpha value is -1.44. The van der Waals surface area contributed by atoms with Crippen LogP contribution in [0.2, 0.25) is 0 Å². The van der Waals surface area contributed by atoms with E-state index in [4.69, 9.17) is 0 Å². The molecule has 7 heteroatoms. The minimum absolute atomic E-state index is 0.0991. The molecule has 1 aliphatic heterocycles. The largest absolute Gasteiger partial charge is 0.334 e. The van der Waals surface area contributed by atoms with E-state index in [0.717, 1.165) is 37.8 Å². The smallest absolute Gasteiger partial charge is 0.237 e. The van der Waals surface area contributed by atoms with E-state index in [2.05, 4.69) is 40.8 Å². The van der Waals surface area contributed by atoms with E-state index < -0.39 is 10.0 Å². The van der Waals surface area contributed by atoms with Crippen molar-refractivity contribution in [3.8, 4) is 0 Å². The maximum absolute atomic E-state index is 12.9. The van der Waals surface area contributed by atoms with E-state index >= 15 is 0 Å². The van der Waals surface area contributed by atoms with Gasteiger partial charge in [-0.1, -0.05) is 29.8 Å². The molecule has 6 nitrogen and oxygen atoms in total. The lowest BCUT2D eigenvalue weighted by molar-refractivity contribution is -0.134. The lowest BCUT2D eigenvalue weighted by Crippen LogP contribution is -2.50. The minimum Gasteiger partial charge on any atom is -0.334 e. The lowest BCUT2D eigenvalue weighted by Gasteiger charge is -2.34. The first-order valence-corrected chi connectivity index (χ1v) is 11.2. The second-order valence-corrected chi connectivity index (χ2v) is 9.48. The van der Waals surface area contributed by atoms with Crippen LogP contribution in [0.25, 0.3) is 0 Å². The number of carbonyl (C=O) groups is 1. The van der Waals surface area contributed by atoms with Gasteiger partial charge in [-0.2, -0.15) is 0 Å². The summed E-state index contributed by atoms with van der Waals surface area (Å²) in [5.41, 5.74) is 2.38. The van der Waals surface area contributed by atoms with E-state index in [-0.39, 0.29) is 11.9 Å². The Labute approximate surface area is 156 Å². The zero-order valence-electron chi connectivity index (χ0n) is 15.6. The Morgan fingerprint density at radius 2 is 1.92 bits per heavy atom. The fourth-order valence-corrected chi connectivity index (χ4v) is 4.38. The zero-order chi connectivity index (χ0) is 18.7. The molecule has 1 saturated carbocycles. The van der Waals surface area contributed by atoms with Gasteiger partial charge >= 0.3 is 0 Å². The number of amides is 1. The van der Waals surface area contributed by atoms with Crippen LogP contribution in [-0.4, -0.2) is 62.1 Å². The summed E-state index contributed by atoms with van der Waals surface area (Å²) in [5, 5.41) is 0. The SMILES string of the molecule is Cc1ccc(CN(C(=O)CN2CCCC(NS(C)(=O)=O)C2)C2CC2)cc1. The average molecular weight is 380 g/mol. The molecular formula is C19H29N3O3S. The Kier molecular flexibility index (Phi) is 5.99. The first-order chi connectivity index (χ1) is 12.3. The number of carbonyl (C=O) groups excluding carboxylic acids is 1. The molecule has 0 bridgehead atoms. The van der Waals surface area contributed by atoms with Crippen LogP contribution in [0, 0.1) is 6.92 Å². The van der Waals surface area contributed by atoms with Crippen LogP contribution in [0.15, 0.2) is 24.3 Å². The molecule has 1 atom stereocenters. The van der Waals surface area contributed by atoms with Gasteiger partial charge in [0.05, 0.1) is 12.8 Å². The van der Waals surface area contributed by atoms with Crippen molar-refractivity contribution >= 4 is 15.9 Å². The van der Waals surface area contributed by atoms with Crippen LogP contribution >= 0.6 is 0 Å². The third kappa shape index (κ3) is 5.79. The van der Waals surface area contributed by atoms with Gasteiger partial charge in [0.2, 0.25) is 15.9 Å². The van der Waals surface area contributed by atoms with Crippen molar-refractivity contribution in [1.82, 2.24) is 14.5 Å². The highest BCUT2D eigenvalue weighted by Gasteiger charge is 2.34. The van der Waals surface area contributed by atoms with E-state index in [0.29, 0.717) is 25.7 Å². The Morgan fingerprint density at radius 3 is 2.54 bits per heavy atom. The number of nitrogens with one attached hydrogen (secondary N) is 1. The molecule has 1 unspecified atom stereocenters. The quantitative estimate of drug-likeness (QED) is 0.779. The van der Waals surface area contributed by atoms with Crippen molar-refractivity contribution in [1.29, 1.82) is 0 Å². The van der Waals surface area contributed by atoms with Crippen molar-refractivity contribution < 1.29 is 13.2 Å². The topological polar surface area (TPSA) is 69.7 Å². The predicted octanol–water partition coefficient (Wildman–Crippen LogP) is 1.50. The lowest BCUT2D eigenvalue weighted by atomic mass is 10.1. The van der Waals surface area contributed by atoms with Gasteiger partial charge in [0.15, 0.2) is 0 Å². The first-order valence-electron chi connectivity index (χ1n) is 9.35. The fraction of sp³-hybridized carbons (Fsp3) is 0.632. The number of rotatable bonds is 7. The summed E-state index contributed by atoms with van der Waals surface area (Å²) < 4.78 is 25.6. The van der Waals surface area contributed by atoms with Crippen LogP contribution < -0.4 is 4.72 Å². The van der Waals surface area contributed by atoms with Crippen molar-refractivity contribution in [3.63, 3.8) is 0 Å². The van der Waals surface area contributed by atoms with Crippen LogP contribution in [0.3, 0.4) is 0 Å². The number of benzene rings is 1. The number of sulfonamides is 1. The molecule has 1 aromatic carbocycles. The van der Waals surface area contributed by atoms with Gasteiger partial charge in [-0.15, -0.1) is 0 Å². The summed E-state index contributed by atoms with van der Waals surface area (Å²) in [6, 6.07) is 8.60. The van der Waals surface area contributed by atoms with E-state index in [1.54, 1.807) is 0 Å². The average Bonchev–Trinajstić information content (AvgIpc) is 3.37. The molecule has 0 radical (unpaired) electrons. The van der Waals surface area contributed by atoms with Crippen LogP contribution in [-0.2, 0) is 21.4 Å². The zero-order valence-corrected chi connectivity index (χ0v) is 16.5. The molecule has 26 heavy (non-hydrogen) atoms. The summed E-state index contributed by atoms with van der Waals surface area (Å²) in [5.74, 6) is 0.146. The van der Waals surface area contributed by atoms with Crippen molar-refractivity contribution in [2.75, 3.05) is 25.9 Å². The van der Waals surface area contributed by atoms with Crippen molar-refractivity contribution in [3.05, 3.63) is 35.4 Å². The maximum atomic E-state index is 12.9. The monoisotopic (exact) mass is 379 g/mol. The molecule has 3 rings (SSSR count). The van der Waals surface area contributed by atoms with Gasteiger partial charge in [-0.05, 0) is 44.7 Å². The summed E-state index contributed by atoms with van der Waals surface area (Å²) >= 11 is 0. The second kappa shape index (κ2) is 8.06. The summed E-state index contributed by atoms with van der Waals surface area (Å²) in [6.45, 7) is 4.52. The Balaban J connectivity index is 1.58. The third-order valence-corrected chi connectivity index (χ3v) is 5.79. The number of piperidine rings is 1. The number of nitrogens with zero attached hydrogens (tertiary/aromatic N) is 2. The molecule has 1 heterocycles. The van der Waals surface area contributed by atoms with Crippen LogP contribution in [0.1, 0.15) is 36.8 Å². The van der Waals surface area contributed by atoms with E-state index in [9.17, 15) is 13.2 Å². The number of hydrogen-bond donors (Lipinski definition) is 1. The van der Waals surface area contributed by atoms with Gasteiger partial charge in [-0.25, -0.2) is 13.1 Å². The molecule has 2 fully saturated rings. The number of hydrogen-bond acceptors (Lipinski definition) is 4. The highest BCUT2D eigenvalue weighted by molar-refractivity contribution is 7.88. The Morgan fingerprint density at radius 1 is 1.23 bits per heavy atom. The minimum atomic E-state index is -3.21. The second-order valence-electron chi connectivity index (χ2n) is 7.70. The van der Waals surface area contributed by atoms with Gasteiger partial charge in [0.1, 0.15) is 0 Å². The molecule has 144 valence electrons. The van der Waals surface area contributed by atoms with Crippen LogP contribution in [0.5, 0.6) is 0 Å². The first kappa shape index (κ1) is 19.3. The highest BCUT2D eigenvalue weighted by atomic mass is 32.2. The van der Waals surface area contributed by atoms with Gasteiger partial charge in [0, 0.05) is 25.2 Å². The molecule has 0 aromatic heterocycles. The van der Waals surface area contributed by atoms with Crippen molar-refractivity contribution in [2.45, 2.75) is 51.2 Å². The van der Waals surface area contributed by atoms with E-state index in [1.807, 2.05) is 4.90 Å². The van der Waals surface area contributed by atoms with E-state index in [1.165, 1.54) is 11.8 Å². The van der Waals surface area contributed by atoms with Gasteiger partial charge in [-0.3, -0.25) is 9.69 Å². The molecule has 1 aliphatic carbocycles. The molecule has 2 aliphatic rings. The standard InChI is InChI=1S/C19H29N3O3S/c1-15-5-7-16(8-6-15)12-22(18-9-10-18)19(23)14-21-11-3-4-17(13-21)20-26(2,24)25/h5-8,17-18,20H,3-4,9-14H2,1-2H3. The Bertz CT molecular complexity index is 729. The fourth-order valence-electron chi connectivity index (χ4n) is 3.58. The molecule has 1 N–H and O–H groups in total.